The molecular formula is C13H22N4O. The van der Waals surface area contributed by atoms with Gasteiger partial charge in [-0.15, -0.1) is 0 Å². The minimum Gasteiger partial charge on any atom is -0.376 e. The predicted octanol–water partition coefficient (Wildman–Crippen LogP) is 1.70. The molecule has 2 rings (SSSR count). The van der Waals surface area contributed by atoms with Gasteiger partial charge >= 0.3 is 0 Å². The molecule has 5 heteroatoms. The average Bonchev–Trinajstić information content (AvgIpc) is 2.90. The Bertz CT molecular complexity index is 391. The fourth-order valence-corrected chi connectivity index (χ4v) is 2.45. The number of rotatable bonds is 5. The maximum atomic E-state index is 5.67. The number of hydrogen-bond acceptors (Lipinski definition) is 5. The number of hydrogen-bond donors (Lipinski definition) is 1. The lowest BCUT2D eigenvalue weighted by molar-refractivity contribution is 0.116. The SMILES string of the molecule is CCc1c(NC)ncnc1N(C)CC1CCCO1. The van der Waals surface area contributed by atoms with E-state index in [1.807, 2.05) is 7.05 Å². The van der Waals surface area contributed by atoms with Crippen LogP contribution in [0.25, 0.3) is 0 Å². The Morgan fingerprint density at radius 3 is 2.94 bits per heavy atom. The van der Waals surface area contributed by atoms with Crippen molar-refractivity contribution in [2.24, 2.45) is 0 Å². The van der Waals surface area contributed by atoms with E-state index < -0.39 is 0 Å². The van der Waals surface area contributed by atoms with Crippen LogP contribution in [0.2, 0.25) is 0 Å². The summed E-state index contributed by atoms with van der Waals surface area (Å²) in [4.78, 5) is 10.9. The van der Waals surface area contributed by atoms with Crippen LogP contribution in [-0.2, 0) is 11.2 Å². The lowest BCUT2D eigenvalue weighted by Gasteiger charge is -2.24. The third-order valence-electron chi connectivity index (χ3n) is 3.38. The molecule has 1 aromatic heterocycles. The highest BCUT2D eigenvalue weighted by Gasteiger charge is 2.20. The number of likely N-dealkylation sites (N-methyl/N-ethyl adjacent to an activating group) is 1. The van der Waals surface area contributed by atoms with E-state index in [9.17, 15) is 0 Å². The van der Waals surface area contributed by atoms with Crippen molar-refractivity contribution in [3.8, 4) is 0 Å². The zero-order valence-electron chi connectivity index (χ0n) is 11.4. The molecule has 0 saturated carbocycles. The summed E-state index contributed by atoms with van der Waals surface area (Å²) in [5.41, 5.74) is 1.17. The molecule has 1 aliphatic heterocycles. The summed E-state index contributed by atoms with van der Waals surface area (Å²) in [7, 11) is 3.97. The summed E-state index contributed by atoms with van der Waals surface area (Å²) >= 11 is 0. The summed E-state index contributed by atoms with van der Waals surface area (Å²) in [6.45, 7) is 3.92. The fraction of sp³-hybridized carbons (Fsp3) is 0.692. The number of nitrogens with zero attached hydrogens (tertiary/aromatic N) is 3. The Balaban J connectivity index is 2.15. The van der Waals surface area contributed by atoms with Crippen molar-refractivity contribution in [1.82, 2.24) is 9.97 Å². The second-order valence-electron chi connectivity index (χ2n) is 4.64. The molecule has 0 aliphatic carbocycles. The van der Waals surface area contributed by atoms with Gasteiger partial charge in [0.25, 0.3) is 0 Å². The summed E-state index contributed by atoms with van der Waals surface area (Å²) in [6.07, 6.45) is 5.20. The zero-order valence-corrected chi connectivity index (χ0v) is 11.4. The molecule has 1 atom stereocenters. The van der Waals surface area contributed by atoms with E-state index in [4.69, 9.17) is 4.74 Å². The Labute approximate surface area is 109 Å². The molecule has 0 bridgehead atoms. The molecule has 0 spiro atoms. The summed E-state index contributed by atoms with van der Waals surface area (Å²) in [6, 6.07) is 0. The molecule has 2 heterocycles. The van der Waals surface area contributed by atoms with Crippen molar-refractivity contribution in [3.05, 3.63) is 11.9 Å². The van der Waals surface area contributed by atoms with Crippen molar-refractivity contribution in [2.75, 3.05) is 37.5 Å². The van der Waals surface area contributed by atoms with Crippen LogP contribution in [0.1, 0.15) is 25.3 Å². The molecule has 1 unspecified atom stereocenters. The zero-order chi connectivity index (χ0) is 13.0. The monoisotopic (exact) mass is 250 g/mol. The molecule has 1 N–H and O–H groups in total. The van der Waals surface area contributed by atoms with Crippen molar-refractivity contribution < 1.29 is 4.74 Å². The van der Waals surface area contributed by atoms with E-state index in [0.29, 0.717) is 6.10 Å². The number of nitrogens with one attached hydrogen (secondary N) is 1. The maximum absolute atomic E-state index is 5.67. The molecule has 0 radical (unpaired) electrons. The molecule has 1 aromatic rings. The van der Waals surface area contributed by atoms with Gasteiger partial charge in [-0.2, -0.15) is 0 Å². The third-order valence-corrected chi connectivity index (χ3v) is 3.38. The smallest absolute Gasteiger partial charge is 0.137 e. The fourth-order valence-electron chi connectivity index (χ4n) is 2.45. The second kappa shape index (κ2) is 6.00. The van der Waals surface area contributed by atoms with Crippen LogP contribution in [0.3, 0.4) is 0 Å². The van der Waals surface area contributed by atoms with Crippen molar-refractivity contribution in [1.29, 1.82) is 0 Å². The van der Waals surface area contributed by atoms with Crippen molar-refractivity contribution >= 4 is 11.6 Å². The van der Waals surface area contributed by atoms with Crippen LogP contribution in [-0.4, -0.2) is 43.3 Å². The third kappa shape index (κ3) is 2.72. The summed E-state index contributed by atoms with van der Waals surface area (Å²) in [5.74, 6) is 1.93. The normalized spacial score (nSPS) is 18.9. The minimum absolute atomic E-state index is 0.340. The summed E-state index contributed by atoms with van der Waals surface area (Å²) in [5, 5.41) is 3.13. The van der Waals surface area contributed by atoms with Crippen LogP contribution in [0, 0.1) is 0 Å². The van der Waals surface area contributed by atoms with E-state index in [1.54, 1.807) is 6.33 Å². The van der Waals surface area contributed by atoms with Gasteiger partial charge in [-0.3, -0.25) is 0 Å². The molecule has 1 fully saturated rings. The number of ether oxygens (including phenoxy) is 1. The van der Waals surface area contributed by atoms with Gasteiger partial charge in [0.2, 0.25) is 0 Å². The number of aromatic nitrogens is 2. The Morgan fingerprint density at radius 2 is 2.33 bits per heavy atom. The molecule has 5 nitrogen and oxygen atoms in total. The standard InChI is InChI=1S/C13H22N4O/c1-4-11-12(14-2)15-9-16-13(11)17(3)8-10-6-5-7-18-10/h9-10H,4-8H2,1-3H3,(H,14,15,16). The highest BCUT2D eigenvalue weighted by molar-refractivity contribution is 5.58. The lowest BCUT2D eigenvalue weighted by atomic mass is 10.2. The first-order chi connectivity index (χ1) is 8.76. The van der Waals surface area contributed by atoms with Gasteiger partial charge < -0.3 is 15.0 Å². The molecule has 0 amide bonds. The molecule has 1 aliphatic rings. The van der Waals surface area contributed by atoms with E-state index in [1.165, 1.54) is 12.0 Å². The Kier molecular flexibility index (Phi) is 4.36. The van der Waals surface area contributed by atoms with Gasteiger partial charge in [-0.1, -0.05) is 6.92 Å². The van der Waals surface area contributed by atoms with E-state index >= 15 is 0 Å². The highest BCUT2D eigenvalue weighted by atomic mass is 16.5. The van der Waals surface area contributed by atoms with Crippen LogP contribution < -0.4 is 10.2 Å². The van der Waals surface area contributed by atoms with Crippen molar-refractivity contribution in [3.63, 3.8) is 0 Å². The molecule has 18 heavy (non-hydrogen) atoms. The van der Waals surface area contributed by atoms with E-state index in [-0.39, 0.29) is 0 Å². The van der Waals surface area contributed by atoms with Gasteiger partial charge in [0.05, 0.1) is 6.10 Å². The van der Waals surface area contributed by atoms with Crippen LogP contribution in [0.4, 0.5) is 11.6 Å². The highest BCUT2D eigenvalue weighted by Crippen LogP contribution is 2.24. The lowest BCUT2D eigenvalue weighted by Crippen LogP contribution is -2.30. The second-order valence-corrected chi connectivity index (χ2v) is 4.64. The first kappa shape index (κ1) is 13.1. The molecule has 100 valence electrons. The van der Waals surface area contributed by atoms with Crippen molar-refractivity contribution in [2.45, 2.75) is 32.3 Å². The topological polar surface area (TPSA) is 50.3 Å². The Morgan fingerprint density at radius 1 is 1.50 bits per heavy atom. The van der Waals surface area contributed by atoms with Crippen LogP contribution in [0.15, 0.2) is 6.33 Å². The maximum Gasteiger partial charge on any atom is 0.137 e. The van der Waals surface area contributed by atoms with Gasteiger partial charge in [-0.25, -0.2) is 9.97 Å². The summed E-state index contributed by atoms with van der Waals surface area (Å²) < 4.78 is 5.67. The average molecular weight is 250 g/mol. The first-order valence-corrected chi connectivity index (χ1v) is 6.60. The molecule has 0 aromatic carbocycles. The van der Waals surface area contributed by atoms with Crippen LogP contribution >= 0.6 is 0 Å². The van der Waals surface area contributed by atoms with Crippen LogP contribution in [0.5, 0.6) is 0 Å². The quantitative estimate of drug-likeness (QED) is 0.862. The molecular weight excluding hydrogens is 228 g/mol. The largest absolute Gasteiger partial charge is 0.376 e. The van der Waals surface area contributed by atoms with Gasteiger partial charge in [0.15, 0.2) is 0 Å². The van der Waals surface area contributed by atoms with Gasteiger partial charge in [0, 0.05) is 32.8 Å². The van der Waals surface area contributed by atoms with E-state index in [2.05, 4.69) is 34.2 Å². The molecule has 1 saturated heterocycles. The predicted molar refractivity (Wildman–Crippen MR) is 73.2 cm³/mol. The minimum atomic E-state index is 0.340. The van der Waals surface area contributed by atoms with Gasteiger partial charge in [0.1, 0.15) is 18.0 Å². The Hall–Kier alpha value is -1.36. The number of anilines is 2. The van der Waals surface area contributed by atoms with E-state index in [0.717, 1.165) is 37.6 Å². The van der Waals surface area contributed by atoms with Gasteiger partial charge in [-0.05, 0) is 19.3 Å². The first-order valence-electron chi connectivity index (χ1n) is 6.60.